The molecule has 0 aliphatic carbocycles. The van der Waals surface area contributed by atoms with Crippen LogP contribution in [0.2, 0.25) is 0 Å². The van der Waals surface area contributed by atoms with Gasteiger partial charge in [0.1, 0.15) is 11.6 Å². The van der Waals surface area contributed by atoms with Crippen molar-refractivity contribution in [3.63, 3.8) is 0 Å². The second-order valence-corrected chi connectivity index (χ2v) is 6.22. The lowest BCUT2D eigenvalue weighted by atomic mass is 10.2. The van der Waals surface area contributed by atoms with Crippen LogP contribution >= 0.6 is 0 Å². The molecule has 1 fully saturated rings. The summed E-state index contributed by atoms with van der Waals surface area (Å²) in [5, 5.41) is 6.15. The molecule has 3 rings (SSSR count). The number of ether oxygens (including phenoxy) is 2. The molecule has 0 spiro atoms. The van der Waals surface area contributed by atoms with E-state index in [-0.39, 0.29) is 5.91 Å². The number of nitrogens with zero attached hydrogens (tertiary/aromatic N) is 2. The van der Waals surface area contributed by atoms with Crippen LogP contribution in [0.5, 0.6) is 5.75 Å². The average Bonchev–Trinajstić information content (AvgIpc) is 2.71. The molecule has 0 radical (unpaired) electrons. The van der Waals surface area contributed by atoms with Gasteiger partial charge in [-0.3, -0.25) is 9.69 Å². The number of benzene rings is 1. The van der Waals surface area contributed by atoms with Crippen molar-refractivity contribution in [1.82, 2.24) is 15.2 Å². The van der Waals surface area contributed by atoms with Crippen molar-refractivity contribution in [3.05, 3.63) is 48.2 Å². The van der Waals surface area contributed by atoms with Crippen LogP contribution in [0, 0.1) is 0 Å². The van der Waals surface area contributed by atoms with E-state index >= 15 is 0 Å². The Kier molecular flexibility index (Phi) is 7.01. The highest BCUT2D eigenvalue weighted by Crippen LogP contribution is 2.19. The fourth-order valence-corrected chi connectivity index (χ4v) is 2.81. The smallest absolute Gasteiger partial charge is 0.252 e. The summed E-state index contributed by atoms with van der Waals surface area (Å²) in [6.45, 7) is 7.42. The van der Waals surface area contributed by atoms with Gasteiger partial charge in [-0.1, -0.05) is 0 Å². The lowest BCUT2D eigenvalue weighted by Gasteiger charge is -2.26. The third-order valence-corrected chi connectivity index (χ3v) is 4.28. The summed E-state index contributed by atoms with van der Waals surface area (Å²) in [6, 6.07) is 11.2. The molecule has 2 aromatic rings. The number of amides is 1. The predicted molar refractivity (Wildman–Crippen MR) is 105 cm³/mol. The SMILES string of the molecule is CCOc1ccc(Nc2ccc(C(=O)NCCN3CCOCC3)cn2)cc1. The number of hydrogen-bond acceptors (Lipinski definition) is 6. The first-order valence-corrected chi connectivity index (χ1v) is 9.29. The molecule has 7 nitrogen and oxygen atoms in total. The Morgan fingerprint density at radius 3 is 2.63 bits per heavy atom. The molecule has 0 saturated carbocycles. The van der Waals surface area contributed by atoms with Crippen molar-refractivity contribution < 1.29 is 14.3 Å². The number of aromatic nitrogens is 1. The molecular weight excluding hydrogens is 344 g/mol. The third-order valence-electron chi connectivity index (χ3n) is 4.28. The quantitative estimate of drug-likeness (QED) is 0.743. The number of carbonyl (C=O) groups excluding carboxylic acids is 1. The zero-order valence-corrected chi connectivity index (χ0v) is 15.6. The van der Waals surface area contributed by atoms with Gasteiger partial charge in [0, 0.05) is 38.1 Å². The number of rotatable bonds is 8. The zero-order valence-electron chi connectivity index (χ0n) is 15.6. The summed E-state index contributed by atoms with van der Waals surface area (Å²) in [6.07, 6.45) is 1.58. The fourth-order valence-electron chi connectivity index (χ4n) is 2.81. The minimum atomic E-state index is -0.108. The maximum absolute atomic E-state index is 12.2. The monoisotopic (exact) mass is 370 g/mol. The Morgan fingerprint density at radius 2 is 1.96 bits per heavy atom. The Hall–Kier alpha value is -2.64. The molecule has 1 aromatic carbocycles. The summed E-state index contributed by atoms with van der Waals surface area (Å²) in [5.41, 5.74) is 1.46. The zero-order chi connectivity index (χ0) is 18.9. The Morgan fingerprint density at radius 1 is 1.19 bits per heavy atom. The molecule has 2 heterocycles. The molecule has 0 bridgehead atoms. The van der Waals surface area contributed by atoms with Gasteiger partial charge in [0.05, 0.1) is 25.4 Å². The van der Waals surface area contributed by atoms with Crippen LogP contribution in [-0.4, -0.2) is 61.8 Å². The normalized spacial score (nSPS) is 14.6. The van der Waals surface area contributed by atoms with Crippen LogP contribution in [0.25, 0.3) is 0 Å². The highest BCUT2D eigenvalue weighted by atomic mass is 16.5. The van der Waals surface area contributed by atoms with E-state index in [1.165, 1.54) is 0 Å². The Labute approximate surface area is 159 Å². The minimum absolute atomic E-state index is 0.108. The van der Waals surface area contributed by atoms with Crippen LogP contribution in [0.1, 0.15) is 17.3 Å². The van der Waals surface area contributed by atoms with E-state index in [0.29, 0.717) is 24.5 Å². The lowest BCUT2D eigenvalue weighted by Crippen LogP contribution is -2.41. The topological polar surface area (TPSA) is 75.7 Å². The first-order chi connectivity index (χ1) is 13.2. The van der Waals surface area contributed by atoms with Gasteiger partial charge in [-0.25, -0.2) is 4.98 Å². The molecule has 1 aliphatic heterocycles. The van der Waals surface area contributed by atoms with Crippen LogP contribution in [0.4, 0.5) is 11.5 Å². The van der Waals surface area contributed by atoms with Crippen LogP contribution in [-0.2, 0) is 4.74 Å². The molecule has 27 heavy (non-hydrogen) atoms. The van der Waals surface area contributed by atoms with Gasteiger partial charge in [0.15, 0.2) is 0 Å². The van der Waals surface area contributed by atoms with Gasteiger partial charge in [-0.2, -0.15) is 0 Å². The van der Waals surface area contributed by atoms with Gasteiger partial charge in [-0.05, 0) is 43.3 Å². The molecule has 2 N–H and O–H groups in total. The first kappa shape index (κ1) is 19.1. The second-order valence-electron chi connectivity index (χ2n) is 6.22. The second kappa shape index (κ2) is 9.89. The molecule has 1 amide bonds. The van der Waals surface area contributed by atoms with E-state index in [2.05, 4.69) is 20.5 Å². The maximum atomic E-state index is 12.2. The number of hydrogen-bond donors (Lipinski definition) is 2. The van der Waals surface area contributed by atoms with Crippen molar-refractivity contribution in [2.24, 2.45) is 0 Å². The van der Waals surface area contributed by atoms with E-state index < -0.39 is 0 Å². The summed E-state index contributed by atoms with van der Waals surface area (Å²) in [5.74, 6) is 1.41. The number of pyridine rings is 1. The maximum Gasteiger partial charge on any atom is 0.252 e. The molecular formula is C20H26N4O3. The molecule has 7 heteroatoms. The van der Waals surface area contributed by atoms with Crippen LogP contribution in [0.15, 0.2) is 42.6 Å². The van der Waals surface area contributed by atoms with Crippen molar-refractivity contribution >= 4 is 17.4 Å². The van der Waals surface area contributed by atoms with Gasteiger partial charge in [0.25, 0.3) is 5.91 Å². The van der Waals surface area contributed by atoms with E-state index in [0.717, 1.165) is 44.3 Å². The Bertz CT molecular complexity index is 713. The number of anilines is 2. The van der Waals surface area contributed by atoms with Crippen molar-refractivity contribution in [1.29, 1.82) is 0 Å². The van der Waals surface area contributed by atoms with Crippen LogP contribution < -0.4 is 15.4 Å². The summed E-state index contributed by atoms with van der Waals surface area (Å²) < 4.78 is 10.7. The number of nitrogens with one attached hydrogen (secondary N) is 2. The highest BCUT2D eigenvalue weighted by Gasteiger charge is 2.11. The molecule has 144 valence electrons. The highest BCUT2D eigenvalue weighted by molar-refractivity contribution is 5.94. The van der Waals surface area contributed by atoms with Crippen molar-refractivity contribution in [2.75, 3.05) is 51.3 Å². The van der Waals surface area contributed by atoms with Gasteiger partial charge in [-0.15, -0.1) is 0 Å². The van der Waals surface area contributed by atoms with Gasteiger partial charge >= 0.3 is 0 Å². The molecule has 1 aromatic heterocycles. The minimum Gasteiger partial charge on any atom is -0.494 e. The van der Waals surface area contributed by atoms with Crippen molar-refractivity contribution in [2.45, 2.75) is 6.92 Å². The predicted octanol–water partition coefficient (Wildman–Crippen LogP) is 2.29. The molecule has 0 atom stereocenters. The van der Waals surface area contributed by atoms with Gasteiger partial charge in [0.2, 0.25) is 0 Å². The first-order valence-electron chi connectivity index (χ1n) is 9.29. The fraction of sp³-hybridized carbons (Fsp3) is 0.400. The number of morpholine rings is 1. The Balaban J connectivity index is 1.46. The van der Waals surface area contributed by atoms with E-state index in [4.69, 9.17) is 9.47 Å². The summed E-state index contributed by atoms with van der Waals surface area (Å²) in [7, 11) is 0. The molecule has 1 aliphatic rings. The van der Waals surface area contributed by atoms with E-state index in [1.807, 2.05) is 31.2 Å². The summed E-state index contributed by atoms with van der Waals surface area (Å²) in [4.78, 5) is 18.8. The summed E-state index contributed by atoms with van der Waals surface area (Å²) >= 11 is 0. The van der Waals surface area contributed by atoms with Gasteiger partial charge < -0.3 is 20.1 Å². The lowest BCUT2D eigenvalue weighted by molar-refractivity contribution is 0.0383. The molecule has 0 unspecified atom stereocenters. The molecule has 1 saturated heterocycles. The third kappa shape index (κ3) is 5.94. The van der Waals surface area contributed by atoms with Crippen molar-refractivity contribution in [3.8, 4) is 5.75 Å². The van der Waals surface area contributed by atoms with E-state index in [1.54, 1.807) is 18.3 Å². The number of carbonyl (C=O) groups is 1. The standard InChI is InChI=1S/C20H26N4O3/c1-2-27-18-6-4-17(5-7-18)23-19-8-3-16(15-22-19)20(25)21-9-10-24-11-13-26-14-12-24/h3-8,15H,2,9-14H2,1H3,(H,21,25)(H,22,23). The van der Waals surface area contributed by atoms with Crippen LogP contribution in [0.3, 0.4) is 0 Å². The van der Waals surface area contributed by atoms with E-state index in [9.17, 15) is 4.79 Å². The largest absolute Gasteiger partial charge is 0.494 e. The average molecular weight is 370 g/mol.